The molecule has 0 bridgehead atoms. The third-order valence-corrected chi connectivity index (χ3v) is 13.8. The number of aryl methyl sites for hydroxylation is 2. The molecule has 0 aromatic heterocycles. The van der Waals surface area contributed by atoms with Gasteiger partial charge in [-0.05, 0) is 159 Å². The van der Waals surface area contributed by atoms with E-state index in [1.807, 2.05) is 0 Å². The summed E-state index contributed by atoms with van der Waals surface area (Å²) in [6, 6.07) is 67.1. The summed E-state index contributed by atoms with van der Waals surface area (Å²) in [5.41, 5.74) is 19.7. The normalized spacial score (nSPS) is 14.1. The minimum Gasteiger partial charge on any atom is -0.310 e. The highest BCUT2D eigenvalue weighted by Gasteiger charge is 2.21. The molecule has 10 rings (SSSR count). The first-order valence-corrected chi connectivity index (χ1v) is 24.9. The Morgan fingerprint density at radius 2 is 0.574 bits per heavy atom. The number of rotatable bonds is 12. The molecular formula is C66H62N2. The molecule has 2 aliphatic rings. The SMILES string of the molecule is Cc1ccc(N(c2ccc(C=Cc3ccc(C=C4CCCCC4)cc3)cc2)c2ccc(N(c3ccc(C)cc3)c3ccc(C=Cc4ccc(C=C5CCCCC5)cc4)cc3)c3ccccc23)cc1. The van der Waals surface area contributed by atoms with E-state index in [-0.39, 0.29) is 0 Å². The van der Waals surface area contributed by atoms with Crippen LogP contribution in [0.5, 0.6) is 0 Å². The summed E-state index contributed by atoms with van der Waals surface area (Å²) in [6.07, 6.45) is 26.7. The Balaban J connectivity index is 0.944. The van der Waals surface area contributed by atoms with E-state index in [2.05, 4.69) is 242 Å². The molecule has 2 saturated carbocycles. The molecule has 336 valence electrons. The van der Waals surface area contributed by atoms with Crippen LogP contribution in [0.15, 0.2) is 193 Å². The quantitative estimate of drug-likeness (QED) is 0.113. The van der Waals surface area contributed by atoms with Gasteiger partial charge in [0, 0.05) is 33.5 Å². The van der Waals surface area contributed by atoms with Gasteiger partial charge in [0.05, 0.1) is 11.4 Å². The van der Waals surface area contributed by atoms with Gasteiger partial charge in [0.25, 0.3) is 0 Å². The fourth-order valence-corrected chi connectivity index (χ4v) is 9.93. The third kappa shape index (κ3) is 10.7. The molecule has 0 atom stereocenters. The van der Waals surface area contributed by atoms with Crippen molar-refractivity contribution in [2.24, 2.45) is 0 Å². The predicted octanol–water partition coefficient (Wildman–Crippen LogP) is 19.4. The summed E-state index contributed by atoms with van der Waals surface area (Å²) in [6.45, 7) is 4.30. The molecular weight excluding hydrogens is 821 g/mol. The van der Waals surface area contributed by atoms with Crippen LogP contribution in [0, 0.1) is 13.8 Å². The summed E-state index contributed by atoms with van der Waals surface area (Å²) in [5, 5.41) is 2.35. The van der Waals surface area contributed by atoms with Crippen molar-refractivity contribution in [3.8, 4) is 0 Å². The molecule has 0 amide bonds. The molecule has 0 unspecified atom stereocenters. The molecule has 0 radical (unpaired) electrons. The number of fused-ring (bicyclic) bond motifs is 1. The zero-order chi connectivity index (χ0) is 46.1. The first-order chi connectivity index (χ1) is 33.5. The molecule has 0 saturated heterocycles. The van der Waals surface area contributed by atoms with Crippen LogP contribution < -0.4 is 9.80 Å². The van der Waals surface area contributed by atoms with Crippen LogP contribution in [-0.2, 0) is 0 Å². The standard InChI is InChI=1S/C66H62N2/c1-49-17-37-59(38-18-49)67(61-41-33-53(34-42-61)23-21-51-25-29-57(30-26-51)47-55-11-5-3-6-12-55)65-45-46-66(64-16-10-9-15-63(64)65)68(60-39-19-50(2)20-40-60)62-43-35-54(36-44-62)24-22-52-27-31-58(32-28-52)48-56-13-7-4-8-14-56/h9-10,15-48H,3-8,11-14H2,1-2H3. The second-order valence-electron chi connectivity index (χ2n) is 18.9. The number of nitrogens with zero attached hydrogens (tertiary/aromatic N) is 2. The van der Waals surface area contributed by atoms with E-state index in [0.29, 0.717) is 0 Å². The fraction of sp³-hybridized carbons (Fsp3) is 0.182. The average Bonchev–Trinajstić information content (AvgIpc) is 3.39. The summed E-state index contributed by atoms with van der Waals surface area (Å²) >= 11 is 0. The number of anilines is 6. The van der Waals surface area contributed by atoms with Gasteiger partial charge in [-0.25, -0.2) is 0 Å². The first kappa shape index (κ1) is 44.4. The van der Waals surface area contributed by atoms with Crippen LogP contribution in [0.25, 0.3) is 47.2 Å². The summed E-state index contributed by atoms with van der Waals surface area (Å²) in [7, 11) is 0. The molecule has 2 aliphatic carbocycles. The lowest BCUT2D eigenvalue weighted by Gasteiger charge is -2.30. The van der Waals surface area contributed by atoms with E-state index < -0.39 is 0 Å². The maximum absolute atomic E-state index is 2.40. The van der Waals surface area contributed by atoms with Crippen molar-refractivity contribution in [1.29, 1.82) is 0 Å². The van der Waals surface area contributed by atoms with Gasteiger partial charge >= 0.3 is 0 Å². The van der Waals surface area contributed by atoms with Gasteiger partial charge in [-0.2, -0.15) is 0 Å². The van der Waals surface area contributed by atoms with Crippen molar-refractivity contribution < 1.29 is 0 Å². The van der Waals surface area contributed by atoms with Crippen LogP contribution in [0.3, 0.4) is 0 Å². The van der Waals surface area contributed by atoms with Gasteiger partial charge in [0.2, 0.25) is 0 Å². The summed E-state index contributed by atoms with van der Waals surface area (Å²) in [4.78, 5) is 4.80. The fourth-order valence-electron chi connectivity index (χ4n) is 9.93. The minimum atomic E-state index is 1.11. The van der Waals surface area contributed by atoms with Crippen molar-refractivity contribution >= 4 is 81.4 Å². The van der Waals surface area contributed by atoms with Gasteiger partial charge in [-0.3, -0.25) is 0 Å². The molecule has 0 N–H and O–H groups in total. The highest BCUT2D eigenvalue weighted by Crippen LogP contribution is 2.45. The Morgan fingerprint density at radius 3 is 0.897 bits per heavy atom. The van der Waals surface area contributed by atoms with Crippen LogP contribution in [0.2, 0.25) is 0 Å². The zero-order valence-corrected chi connectivity index (χ0v) is 39.8. The Bertz CT molecular complexity index is 2840. The highest BCUT2D eigenvalue weighted by atomic mass is 15.2. The Hall–Kier alpha value is -7.42. The lowest BCUT2D eigenvalue weighted by molar-refractivity contribution is 0.602. The van der Waals surface area contributed by atoms with Gasteiger partial charge in [-0.1, -0.05) is 193 Å². The lowest BCUT2D eigenvalue weighted by Crippen LogP contribution is -2.13. The number of hydrogen-bond donors (Lipinski definition) is 0. The molecule has 2 heteroatoms. The van der Waals surface area contributed by atoms with Crippen molar-refractivity contribution in [2.45, 2.75) is 78.1 Å². The number of benzene rings is 8. The van der Waals surface area contributed by atoms with Gasteiger partial charge in [0.1, 0.15) is 0 Å². The van der Waals surface area contributed by atoms with Crippen molar-refractivity contribution in [2.75, 3.05) is 9.80 Å². The van der Waals surface area contributed by atoms with Crippen molar-refractivity contribution in [1.82, 2.24) is 0 Å². The Labute approximate surface area is 405 Å². The van der Waals surface area contributed by atoms with Gasteiger partial charge in [0.15, 0.2) is 0 Å². The van der Waals surface area contributed by atoms with E-state index in [4.69, 9.17) is 0 Å². The molecule has 0 aliphatic heterocycles. The highest BCUT2D eigenvalue weighted by molar-refractivity contribution is 6.07. The number of hydrogen-bond acceptors (Lipinski definition) is 2. The topological polar surface area (TPSA) is 6.48 Å². The second kappa shape index (κ2) is 21.0. The Morgan fingerprint density at radius 1 is 0.294 bits per heavy atom. The second-order valence-corrected chi connectivity index (χ2v) is 18.9. The monoisotopic (exact) mass is 882 g/mol. The molecule has 8 aromatic rings. The van der Waals surface area contributed by atoms with Gasteiger partial charge < -0.3 is 9.80 Å². The molecule has 68 heavy (non-hydrogen) atoms. The zero-order valence-electron chi connectivity index (χ0n) is 39.8. The smallest absolute Gasteiger partial charge is 0.0541 e. The lowest BCUT2D eigenvalue weighted by atomic mass is 9.93. The predicted molar refractivity (Wildman–Crippen MR) is 296 cm³/mol. The largest absolute Gasteiger partial charge is 0.310 e. The van der Waals surface area contributed by atoms with Crippen molar-refractivity contribution in [3.63, 3.8) is 0 Å². The van der Waals surface area contributed by atoms with E-state index in [1.54, 1.807) is 11.1 Å². The van der Waals surface area contributed by atoms with Crippen LogP contribution in [-0.4, -0.2) is 0 Å². The van der Waals surface area contributed by atoms with Crippen LogP contribution in [0.1, 0.15) is 109 Å². The van der Waals surface area contributed by atoms with E-state index in [0.717, 1.165) is 34.1 Å². The minimum absolute atomic E-state index is 1.11. The van der Waals surface area contributed by atoms with E-state index in [1.165, 1.54) is 119 Å². The Kier molecular flexibility index (Phi) is 13.7. The van der Waals surface area contributed by atoms with Crippen LogP contribution in [0.4, 0.5) is 34.1 Å². The third-order valence-electron chi connectivity index (χ3n) is 13.8. The maximum atomic E-state index is 2.40. The first-order valence-electron chi connectivity index (χ1n) is 24.9. The molecule has 0 spiro atoms. The summed E-state index contributed by atoms with van der Waals surface area (Å²) < 4.78 is 0. The van der Waals surface area contributed by atoms with Crippen LogP contribution >= 0.6 is 0 Å². The molecule has 8 aromatic carbocycles. The number of allylic oxidation sites excluding steroid dienone is 2. The van der Waals surface area contributed by atoms with E-state index in [9.17, 15) is 0 Å². The molecule has 2 fully saturated rings. The van der Waals surface area contributed by atoms with E-state index >= 15 is 0 Å². The average molecular weight is 883 g/mol. The van der Waals surface area contributed by atoms with Crippen molar-refractivity contribution in [3.05, 3.63) is 238 Å². The molecule has 2 nitrogen and oxygen atoms in total. The molecule has 0 heterocycles. The maximum Gasteiger partial charge on any atom is 0.0541 e. The summed E-state index contributed by atoms with van der Waals surface area (Å²) in [5.74, 6) is 0. The van der Waals surface area contributed by atoms with Gasteiger partial charge in [-0.15, -0.1) is 0 Å².